The van der Waals surface area contributed by atoms with Crippen molar-refractivity contribution in [2.45, 2.75) is 38.5 Å². The Bertz CT molecular complexity index is 977. The molecule has 1 saturated heterocycles. The van der Waals surface area contributed by atoms with Crippen molar-refractivity contribution in [3.8, 4) is 0 Å². The number of nitrogens with one attached hydrogen (secondary N) is 1. The molecular weight excluding hydrogens is 410 g/mol. The molecule has 0 saturated carbocycles. The fraction of sp³-hybridized carbons (Fsp3) is 0.458. The lowest BCUT2D eigenvalue weighted by molar-refractivity contribution is -0.131. The highest BCUT2D eigenvalue weighted by Gasteiger charge is 2.31. The molecule has 1 amide bonds. The first-order valence-electron chi connectivity index (χ1n) is 10.9. The van der Waals surface area contributed by atoms with Crippen molar-refractivity contribution in [3.05, 3.63) is 64.7 Å². The normalized spacial score (nSPS) is 14.8. The Labute approximate surface area is 186 Å². The van der Waals surface area contributed by atoms with Gasteiger partial charge in [-0.3, -0.25) is 4.79 Å². The molecule has 1 aliphatic heterocycles. The van der Waals surface area contributed by atoms with Crippen molar-refractivity contribution in [2.75, 3.05) is 39.3 Å². The Morgan fingerprint density at radius 2 is 1.65 bits per heavy atom. The largest absolute Gasteiger partial charge is 0.339 e. The number of benzene rings is 2. The molecule has 168 valence electrons. The predicted molar refractivity (Wildman–Crippen MR) is 124 cm³/mol. The van der Waals surface area contributed by atoms with E-state index in [1.165, 1.54) is 4.31 Å². The average Bonchev–Trinajstić information content (AvgIpc) is 2.73. The van der Waals surface area contributed by atoms with Gasteiger partial charge in [0.1, 0.15) is 0 Å². The fourth-order valence-electron chi connectivity index (χ4n) is 4.26. The number of nitrogens with zero attached hydrogens (tertiary/aromatic N) is 2. The standard InChI is InChI=1S/C24H33N3O3S/c1-19-16-20(2)24(21(3)17-19)31(29,30)27(13-7-10-22-8-5-4-6-9-22)18-23(28)26-14-11-25-12-15-26/h4-6,8-9,16-17,25H,7,10-15,18H2,1-3H3. The van der Waals surface area contributed by atoms with Crippen LogP contribution in [0.3, 0.4) is 0 Å². The summed E-state index contributed by atoms with van der Waals surface area (Å²) in [5, 5.41) is 3.23. The van der Waals surface area contributed by atoms with Crippen LogP contribution in [0.2, 0.25) is 0 Å². The molecule has 0 aliphatic carbocycles. The van der Waals surface area contributed by atoms with Crippen LogP contribution in [0.1, 0.15) is 28.7 Å². The van der Waals surface area contributed by atoms with Gasteiger partial charge in [0, 0.05) is 32.7 Å². The summed E-state index contributed by atoms with van der Waals surface area (Å²) in [5.74, 6) is -0.132. The van der Waals surface area contributed by atoms with Crippen LogP contribution < -0.4 is 5.32 Å². The minimum Gasteiger partial charge on any atom is -0.339 e. The second-order valence-corrected chi connectivity index (χ2v) is 10.2. The summed E-state index contributed by atoms with van der Waals surface area (Å²) in [6, 6.07) is 13.8. The molecule has 2 aromatic carbocycles. The Morgan fingerprint density at radius 1 is 1.03 bits per heavy atom. The minimum absolute atomic E-state index is 0.121. The van der Waals surface area contributed by atoms with Gasteiger partial charge in [-0.25, -0.2) is 8.42 Å². The number of sulfonamides is 1. The predicted octanol–water partition coefficient (Wildman–Crippen LogP) is 2.67. The van der Waals surface area contributed by atoms with Gasteiger partial charge in [0.15, 0.2) is 0 Å². The van der Waals surface area contributed by atoms with E-state index in [2.05, 4.69) is 5.32 Å². The lowest BCUT2D eigenvalue weighted by Gasteiger charge is -2.30. The molecule has 31 heavy (non-hydrogen) atoms. The van der Waals surface area contributed by atoms with E-state index >= 15 is 0 Å². The molecule has 0 spiro atoms. The second-order valence-electron chi connectivity index (χ2n) is 8.29. The van der Waals surface area contributed by atoms with Crippen LogP contribution in [0, 0.1) is 20.8 Å². The van der Waals surface area contributed by atoms with E-state index in [4.69, 9.17) is 0 Å². The van der Waals surface area contributed by atoms with Crippen molar-refractivity contribution >= 4 is 15.9 Å². The lowest BCUT2D eigenvalue weighted by atomic mass is 10.1. The summed E-state index contributed by atoms with van der Waals surface area (Å²) in [7, 11) is -3.80. The molecule has 1 N–H and O–H groups in total. The van der Waals surface area contributed by atoms with E-state index in [1.807, 2.05) is 63.2 Å². The summed E-state index contributed by atoms with van der Waals surface area (Å²) in [5.41, 5.74) is 3.64. The molecule has 0 bridgehead atoms. The number of piperazine rings is 1. The van der Waals surface area contributed by atoms with Gasteiger partial charge in [0.25, 0.3) is 0 Å². The molecule has 0 atom stereocenters. The highest BCUT2D eigenvalue weighted by Crippen LogP contribution is 2.26. The zero-order valence-corrected chi connectivity index (χ0v) is 19.5. The highest BCUT2D eigenvalue weighted by molar-refractivity contribution is 7.89. The molecule has 6 nitrogen and oxygen atoms in total. The molecule has 3 rings (SSSR count). The molecule has 1 aliphatic rings. The minimum atomic E-state index is -3.80. The maximum atomic E-state index is 13.7. The van der Waals surface area contributed by atoms with Crippen molar-refractivity contribution in [1.82, 2.24) is 14.5 Å². The van der Waals surface area contributed by atoms with Crippen molar-refractivity contribution in [2.24, 2.45) is 0 Å². The third-order valence-corrected chi connectivity index (χ3v) is 7.85. The van der Waals surface area contributed by atoms with Crippen LogP contribution in [-0.2, 0) is 21.2 Å². The van der Waals surface area contributed by atoms with Gasteiger partial charge in [-0.15, -0.1) is 0 Å². The smallest absolute Gasteiger partial charge is 0.244 e. The Kier molecular flexibility index (Phi) is 7.86. The molecule has 1 fully saturated rings. The van der Waals surface area contributed by atoms with Crippen molar-refractivity contribution in [1.29, 1.82) is 0 Å². The molecule has 7 heteroatoms. The van der Waals surface area contributed by atoms with Gasteiger partial charge in [-0.2, -0.15) is 4.31 Å². The van der Waals surface area contributed by atoms with Crippen LogP contribution in [0.5, 0.6) is 0 Å². The van der Waals surface area contributed by atoms with Gasteiger partial charge in [-0.05, 0) is 50.3 Å². The van der Waals surface area contributed by atoms with E-state index in [0.29, 0.717) is 31.0 Å². The van der Waals surface area contributed by atoms with Gasteiger partial charge < -0.3 is 10.2 Å². The lowest BCUT2D eigenvalue weighted by Crippen LogP contribution is -2.50. The van der Waals surface area contributed by atoms with Gasteiger partial charge in [-0.1, -0.05) is 48.0 Å². The summed E-state index contributed by atoms with van der Waals surface area (Å²) in [6.45, 7) is 8.50. The Morgan fingerprint density at radius 3 is 2.26 bits per heavy atom. The number of amides is 1. The molecule has 1 heterocycles. The molecule has 0 radical (unpaired) electrons. The fourth-order valence-corrected chi connectivity index (χ4v) is 6.10. The molecular formula is C24H33N3O3S. The number of carbonyl (C=O) groups excluding carboxylic acids is 1. The van der Waals surface area contributed by atoms with Crippen molar-refractivity contribution in [3.63, 3.8) is 0 Å². The maximum absolute atomic E-state index is 13.7. The third-order valence-electron chi connectivity index (χ3n) is 5.70. The first kappa shape index (κ1) is 23.4. The average molecular weight is 444 g/mol. The quantitative estimate of drug-likeness (QED) is 0.681. The summed E-state index contributed by atoms with van der Waals surface area (Å²) in [4.78, 5) is 15.0. The first-order chi connectivity index (χ1) is 14.8. The maximum Gasteiger partial charge on any atom is 0.244 e. The van der Waals surface area contributed by atoms with E-state index in [9.17, 15) is 13.2 Å². The van der Waals surface area contributed by atoms with Crippen LogP contribution in [0.25, 0.3) is 0 Å². The van der Waals surface area contributed by atoms with E-state index < -0.39 is 10.0 Å². The highest BCUT2D eigenvalue weighted by atomic mass is 32.2. The number of hydrogen-bond donors (Lipinski definition) is 1. The van der Waals surface area contributed by atoms with E-state index in [0.717, 1.165) is 41.8 Å². The van der Waals surface area contributed by atoms with Crippen LogP contribution in [-0.4, -0.2) is 62.8 Å². The molecule has 0 unspecified atom stereocenters. The topological polar surface area (TPSA) is 69.7 Å². The Hall–Kier alpha value is -2.22. The second kappa shape index (κ2) is 10.4. The van der Waals surface area contributed by atoms with Crippen LogP contribution >= 0.6 is 0 Å². The first-order valence-corrected chi connectivity index (χ1v) is 12.3. The number of rotatable bonds is 8. The zero-order chi connectivity index (χ0) is 22.4. The molecule has 2 aromatic rings. The number of hydrogen-bond acceptors (Lipinski definition) is 4. The molecule has 0 aromatic heterocycles. The van der Waals surface area contributed by atoms with Crippen LogP contribution in [0.15, 0.2) is 47.4 Å². The summed E-state index contributed by atoms with van der Waals surface area (Å²) < 4.78 is 28.8. The van der Waals surface area contributed by atoms with E-state index in [-0.39, 0.29) is 12.5 Å². The third kappa shape index (κ3) is 5.93. The number of aryl methyl sites for hydroxylation is 4. The van der Waals surface area contributed by atoms with Gasteiger partial charge in [0.2, 0.25) is 15.9 Å². The van der Waals surface area contributed by atoms with Crippen molar-refractivity contribution < 1.29 is 13.2 Å². The SMILES string of the molecule is Cc1cc(C)c(S(=O)(=O)N(CCCc2ccccc2)CC(=O)N2CCNCC2)c(C)c1. The van der Waals surface area contributed by atoms with Crippen LogP contribution in [0.4, 0.5) is 0 Å². The number of carbonyl (C=O) groups is 1. The van der Waals surface area contributed by atoms with E-state index in [1.54, 1.807) is 4.90 Å². The van der Waals surface area contributed by atoms with Gasteiger partial charge in [0.05, 0.1) is 11.4 Å². The van der Waals surface area contributed by atoms with Gasteiger partial charge >= 0.3 is 0 Å². The monoisotopic (exact) mass is 443 g/mol. The summed E-state index contributed by atoms with van der Waals surface area (Å²) >= 11 is 0. The Balaban J connectivity index is 1.83. The summed E-state index contributed by atoms with van der Waals surface area (Å²) in [6.07, 6.45) is 1.42. The zero-order valence-electron chi connectivity index (χ0n) is 18.7.